The van der Waals surface area contributed by atoms with Crippen LogP contribution in [0, 0.1) is 0 Å². The van der Waals surface area contributed by atoms with Crippen LogP contribution in [0.4, 0.5) is 5.69 Å². The summed E-state index contributed by atoms with van der Waals surface area (Å²) in [6.07, 6.45) is 2.22. The number of para-hydroxylation sites is 1. The lowest BCUT2D eigenvalue weighted by atomic mass is 10.1. The van der Waals surface area contributed by atoms with Gasteiger partial charge in [-0.1, -0.05) is 39.3 Å². The third-order valence-electron chi connectivity index (χ3n) is 3.53. The van der Waals surface area contributed by atoms with Gasteiger partial charge in [-0.15, -0.1) is 12.4 Å². The van der Waals surface area contributed by atoms with Crippen molar-refractivity contribution in [1.82, 2.24) is 4.90 Å². The number of carbonyl (C=O) groups is 1. The summed E-state index contributed by atoms with van der Waals surface area (Å²) in [5.41, 5.74) is 1.48. The number of benzene rings is 1. The van der Waals surface area contributed by atoms with Gasteiger partial charge in [0.2, 0.25) is 0 Å². The molecule has 1 rings (SSSR count). The lowest BCUT2D eigenvalue weighted by Gasteiger charge is -2.18. The van der Waals surface area contributed by atoms with Crippen molar-refractivity contribution in [2.75, 3.05) is 38.1 Å². The van der Waals surface area contributed by atoms with Crippen LogP contribution in [0.2, 0.25) is 0 Å². The Balaban J connectivity index is 0.00000441. The predicted molar refractivity (Wildman–Crippen MR) is 95.2 cm³/mol. The quantitative estimate of drug-likeness (QED) is 0.523. The van der Waals surface area contributed by atoms with E-state index in [4.69, 9.17) is 4.74 Å². The summed E-state index contributed by atoms with van der Waals surface area (Å²) in [5, 5.41) is 3.31. The molecule has 4 nitrogen and oxygen atoms in total. The van der Waals surface area contributed by atoms with Crippen molar-refractivity contribution in [3.63, 3.8) is 0 Å². The number of likely N-dealkylation sites (N-methyl/N-ethyl adjacent to an activating group) is 1. The molecule has 0 heterocycles. The molecular weight excluding hydrogens is 300 g/mol. The average Bonchev–Trinajstić information content (AvgIpc) is 2.52. The van der Waals surface area contributed by atoms with Gasteiger partial charge in [0.15, 0.2) is 0 Å². The van der Waals surface area contributed by atoms with Crippen LogP contribution in [0.15, 0.2) is 24.3 Å². The molecule has 1 aromatic rings. The van der Waals surface area contributed by atoms with Crippen LogP contribution in [-0.2, 0) is 4.74 Å². The van der Waals surface area contributed by atoms with Gasteiger partial charge in [0, 0.05) is 18.8 Å². The van der Waals surface area contributed by atoms with E-state index in [1.165, 1.54) is 0 Å². The van der Waals surface area contributed by atoms with Gasteiger partial charge in [-0.05, 0) is 31.6 Å². The topological polar surface area (TPSA) is 41.6 Å². The Morgan fingerprint density at radius 2 is 1.86 bits per heavy atom. The number of carbonyl (C=O) groups excluding carboxylic acids is 1. The number of unbranched alkanes of at least 4 members (excludes halogenated alkanes) is 1. The van der Waals surface area contributed by atoms with E-state index in [0.29, 0.717) is 12.2 Å². The number of hydrogen-bond donors (Lipinski definition) is 1. The summed E-state index contributed by atoms with van der Waals surface area (Å²) in [5.74, 6) is -0.248. The number of nitrogens with zero attached hydrogens (tertiary/aromatic N) is 1. The second-order valence-corrected chi connectivity index (χ2v) is 4.99. The molecule has 0 atom stereocenters. The largest absolute Gasteiger partial charge is 0.461 e. The fourth-order valence-electron chi connectivity index (χ4n) is 2.10. The third-order valence-corrected chi connectivity index (χ3v) is 3.53. The van der Waals surface area contributed by atoms with E-state index in [9.17, 15) is 4.79 Å². The first-order chi connectivity index (χ1) is 10.2. The zero-order chi connectivity index (χ0) is 15.5. The average molecular weight is 329 g/mol. The van der Waals surface area contributed by atoms with Crippen LogP contribution in [0.3, 0.4) is 0 Å². The lowest BCUT2D eigenvalue weighted by Crippen LogP contribution is -2.28. The molecule has 0 aliphatic heterocycles. The van der Waals surface area contributed by atoms with Crippen LogP contribution in [0.1, 0.15) is 44.0 Å². The molecule has 0 radical (unpaired) electrons. The molecule has 126 valence electrons. The maximum atomic E-state index is 12.2. The van der Waals surface area contributed by atoms with E-state index in [2.05, 4.69) is 31.0 Å². The fourth-order valence-corrected chi connectivity index (χ4v) is 2.10. The second-order valence-electron chi connectivity index (χ2n) is 4.99. The Morgan fingerprint density at radius 1 is 1.18 bits per heavy atom. The zero-order valence-corrected chi connectivity index (χ0v) is 14.7. The molecule has 5 heteroatoms. The molecule has 0 aromatic heterocycles. The third kappa shape index (κ3) is 7.14. The molecule has 22 heavy (non-hydrogen) atoms. The highest BCUT2D eigenvalue weighted by Gasteiger charge is 2.12. The second kappa shape index (κ2) is 12.3. The molecule has 0 aliphatic rings. The van der Waals surface area contributed by atoms with E-state index in [1.54, 1.807) is 0 Å². The van der Waals surface area contributed by atoms with Gasteiger partial charge in [0.25, 0.3) is 0 Å². The first-order valence-electron chi connectivity index (χ1n) is 7.95. The van der Waals surface area contributed by atoms with Crippen molar-refractivity contribution in [2.24, 2.45) is 0 Å². The number of nitrogens with one attached hydrogen (secondary N) is 1. The molecular formula is C17H29ClN2O2. The molecule has 0 amide bonds. The highest BCUT2D eigenvalue weighted by Crippen LogP contribution is 2.16. The minimum Gasteiger partial charge on any atom is -0.461 e. The summed E-state index contributed by atoms with van der Waals surface area (Å²) in [6, 6.07) is 7.54. The zero-order valence-electron chi connectivity index (χ0n) is 13.9. The molecule has 0 fully saturated rings. The van der Waals surface area contributed by atoms with E-state index in [0.717, 1.165) is 44.7 Å². The van der Waals surface area contributed by atoms with Crippen molar-refractivity contribution in [1.29, 1.82) is 0 Å². The number of ether oxygens (including phenoxy) is 1. The van der Waals surface area contributed by atoms with Crippen LogP contribution >= 0.6 is 12.4 Å². The summed E-state index contributed by atoms with van der Waals surface area (Å²) in [4.78, 5) is 14.4. The Morgan fingerprint density at radius 3 is 2.50 bits per heavy atom. The Kier molecular flexibility index (Phi) is 11.6. The smallest absolute Gasteiger partial charge is 0.340 e. The van der Waals surface area contributed by atoms with Gasteiger partial charge in [0.1, 0.15) is 6.61 Å². The summed E-state index contributed by atoms with van der Waals surface area (Å²) in [6.45, 7) is 10.4. The lowest BCUT2D eigenvalue weighted by molar-refractivity contribution is 0.0467. The normalized spacial score (nSPS) is 10.2. The molecule has 0 bridgehead atoms. The fraction of sp³-hybridized carbons (Fsp3) is 0.588. The van der Waals surface area contributed by atoms with E-state index < -0.39 is 0 Å². The molecule has 1 N–H and O–H groups in total. The van der Waals surface area contributed by atoms with Crippen LogP contribution in [0.25, 0.3) is 0 Å². The van der Waals surface area contributed by atoms with E-state index >= 15 is 0 Å². The number of rotatable bonds is 10. The molecule has 0 aliphatic carbocycles. The van der Waals surface area contributed by atoms with Crippen molar-refractivity contribution >= 4 is 24.1 Å². The van der Waals surface area contributed by atoms with Gasteiger partial charge < -0.3 is 15.0 Å². The van der Waals surface area contributed by atoms with Gasteiger partial charge in [-0.2, -0.15) is 0 Å². The molecule has 1 aromatic carbocycles. The number of anilines is 1. The van der Waals surface area contributed by atoms with E-state index in [-0.39, 0.29) is 18.4 Å². The molecule has 0 unspecified atom stereocenters. The number of esters is 1. The highest BCUT2D eigenvalue weighted by molar-refractivity contribution is 5.95. The standard InChI is InChI=1S/C17H28N2O2.ClH/c1-4-7-12-18-16-11-9-8-10-15(16)17(20)21-14-13-19(5-2)6-3;/h8-11,18H,4-7,12-14H2,1-3H3;1H. The van der Waals surface area contributed by atoms with Crippen LogP contribution < -0.4 is 5.32 Å². The first-order valence-corrected chi connectivity index (χ1v) is 7.95. The minimum atomic E-state index is -0.248. The van der Waals surface area contributed by atoms with Gasteiger partial charge in [0.05, 0.1) is 5.56 Å². The van der Waals surface area contributed by atoms with Crippen LogP contribution in [-0.4, -0.2) is 43.7 Å². The maximum Gasteiger partial charge on any atom is 0.340 e. The number of hydrogen-bond acceptors (Lipinski definition) is 4. The molecule has 0 spiro atoms. The van der Waals surface area contributed by atoms with E-state index in [1.807, 2.05) is 24.3 Å². The molecule has 0 saturated carbocycles. The SMILES string of the molecule is CCCCNc1ccccc1C(=O)OCCN(CC)CC.Cl. The van der Waals surface area contributed by atoms with Crippen molar-refractivity contribution < 1.29 is 9.53 Å². The first kappa shape index (κ1) is 20.7. The van der Waals surface area contributed by atoms with Crippen molar-refractivity contribution in [3.05, 3.63) is 29.8 Å². The summed E-state index contributed by atoms with van der Waals surface area (Å²) < 4.78 is 5.39. The Hall–Kier alpha value is -1.26. The summed E-state index contributed by atoms with van der Waals surface area (Å²) >= 11 is 0. The highest BCUT2D eigenvalue weighted by atomic mass is 35.5. The predicted octanol–water partition coefficient (Wildman–Crippen LogP) is 3.82. The Bertz CT molecular complexity index is 423. The van der Waals surface area contributed by atoms with Crippen molar-refractivity contribution in [2.45, 2.75) is 33.6 Å². The minimum absolute atomic E-state index is 0. The van der Waals surface area contributed by atoms with Crippen LogP contribution in [0.5, 0.6) is 0 Å². The maximum absolute atomic E-state index is 12.2. The van der Waals surface area contributed by atoms with Crippen molar-refractivity contribution in [3.8, 4) is 0 Å². The van der Waals surface area contributed by atoms with Gasteiger partial charge in [-0.3, -0.25) is 0 Å². The molecule has 0 saturated heterocycles. The Labute approximate surface area is 140 Å². The number of halogens is 1. The summed E-state index contributed by atoms with van der Waals surface area (Å²) in [7, 11) is 0. The van der Waals surface area contributed by atoms with Gasteiger partial charge >= 0.3 is 5.97 Å². The van der Waals surface area contributed by atoms with Gasteiger partial charge in [-0.25, -0.2) is 4.79 Å². The monoisotopic (exact) mass is 328 g/mol.